The van der Waals surface area contributed by atoms with Crippen molar-refractivity contribution in [3.8, 4) is 11.1 Å². The molecule has 6 heteroatoms. The molecule has 106 valence electrons. The average Bonchev–Trinajstić information content (AvgIpc) is 2.44. The highest BCUT2D eigenvalue weighted by molar-refractivity contribution is 7.91. The number of sulfone groups is 1. The van der Waals surface area contributed by atoms with Crippen molar-refractivity contribution in [1.82, 2.24) is 0 Å². The summed E-state index contributed by atoms with van der Waals surface area (Å²) in [5, 5.41) is -0.578. The molecular formula is C14H11ClF2O2S. The second kappa shape index (κ2) is 5.50. The Morgan fingerprint density at radius 3 is 2.20 bits per heavy atom. The number of hydrogen-bond acceptors (Lipinski definition) is 2. The van der Waals surface area contributed by atoms with E-state index in [1.165, 1.54) is 25.1 Å². The van der Waals surface area contributed by atoms with E-state index < -0.39 is 26.5 Å². The Kier molecular flexibility index (Phi) is 4.11. The van der Waals surface area contributed by atoms with Crippen molar-refractivity contribution >= 4 is 21.4 Å². The molecule has 0 heterocycles. The Morgan fingerprint density at radius 1 is 1.05 bits per heavy atom. The smallest absolute Gasteiger partial charge is 0.178 e. The van der Waals surface area contributed by atoms with E-state index in [-0.39, 0.29) is 16.2 Å². The predicted octanol–water partition coefficient (Wildman–Crippen LogP) is 4.08. The Hall–Kier alpha value is -1.46. The standard InChI is InChI=1S/C14H11ClF2O2S/c1-2-20(18,19)11-5-3-4-9(6-11)10-7-12(16)14(15)13(17)8-10/h3-8H,2H2,1H3. The number of rotatable bonds is 3. The Labute approximate surface area is 120 Å². The van der Waals surface area contributed by atoms with Gasteiger partial charge >= 0.3 is 0 Å². The summed E-state index contributed by atoms with van der Waals surface area (Å²) in [5.74, 6) is -1.81. The van der Waals surface area contributed by atoms with Crippen LogP contribution < -0.4 is 0 Å². The lowest BCUT2D eigenvalue weighted by Crippen LogP contribution is -2.03. The Balaban J connectivity index is 2.58. The lowest BCUT2D eigenvalue weighted by molar-refractivity contribution is 0.585. The number of halogens is 3. The second-order valence-corrected chi connectivity index (χ2v) is 6.84. The van der Waals surface area contributed by atoms with Crippen LogP contribution in [0.4, 0.5) is 8.78 Å². The minimum atomic E-state index is -3.37. The third-order valence-electron chi connectivity index (χ3n) is 2.89. The lowest BCUT2D eigenvalue weighted by atomic mass is 10.1. The number of benzene rings is 2. The first-order valence-corrected chi connectivity index (χ1v) is 7.86. The zero-order chi connectivity index (χ0) is 14.9. The van der Waals surface area contributed by atoms with Gasteiger partial charge in [0.25, 0.3) is 0 Å². The van der Waals surface area contributed by atoms with Crippen LogP contribution in [0.2, 0.25) is 5.02 Å². The normalized spacial score (nSPS) is 11.6. The fourth-order valence-electron chi connectivity index (χ4n) is 1.76. The summed E-state index contributed by atoms with van der Waals surface area (Å²) in [6, 6.07) is 8.09. The Morgan fingerprint density at radius 2 is 1.65 bits per heavy atom. The molecule has 2 aromatic rings. The molecule has 2 nitrogen and oxygen atoms in total. The van der Waals surface area contributed by atoms with Crippen LogP contribution in [0.5, 0.6) is 0 Å². The van der Waals surface area contributed by atoms with E-state index in [2.05, 4.69) is 0 Å². The van der Waals surface area contributed by atoms with Gasteiger partial charge in [-0.05, 0) is 35.4 Å². The van der Waals surface area contributed by atoms with Crippen molar-refractivity contribution in [3.05, 3.63) is 53.1 Å². The average molecular weight is 317 g/mol. The zero-order valence-electron chi connectivity index (χ0n) is 10.5. The third-order valence-corrected chi connectivity index (χ3v) is 4.98. The van der Waals surface area contributed by atoms with Crippen molar-refractivity contribution < 1.29 is 17.2 Å². The summed E-state index contributed by atoms with van der Waals surface area (Å²) in [6.07, 6.45) is 0. The molecule has 2 rings (SSSR count). The van der Waals surface area contributed by atoms with E-state index in [4.69, 9.17) is 11.6 Å². The molecule has 0 aromatic heterocycles. The topological polar surface area (TPSA) is 34.1 Å². The van der Waals surface area contributed by atoms with Gasteiger partial charge in [-0.3, -0.25) is 0 Å². The molecule has 0 unspecified atom stereocenters. The minimum Gasteiger partial charge on any atom is -0.224 e. The number of hydrogen-bond donors (Lipinski definition) is 0. The first-order valence-electron chi connectivity index (χ1n) is 5.83. The van der Waals surface area contributed by atoms with Crippen LogP contribution >= 0.6 is 11.6 Å². The third kappa shape index (κ3) is 2.83. The molecule has 0 atom stereocenters. The largest absolute Gasteiger partial charge is 0.224 e. The molecule has 0 fully saturated rings. The second-order valence-electron chi connectivity index (χ2n) is 4.19. The van der Waals surface area contributed by atoms with E-state index in [1.54, 1.807) is 6.07 Å². The lowest BCUT2D eigenvalue weighted by Gasteiger charge is -2.07. The van der Waals surface area contributed by atoms with Gasteiger partial charge in [0.05, 0.1) is 10.6 Å². The van der Waals surface area contributed by atoms with Crippen LogP contribution in [-0.2, 0) is 9.84 Å². The van der Waals surface area contributed by atoms with Crippen molar-refractivity contribution in [3.63, 3.8) is 0 Å². The molecule has 2 aromatic carbocycles. The zero-order valence-corrected chi connectivity index (χ0v) is 12.1. The first kappa shape index (κ1) is 14.9. The van der Waals surface area contributed by atoms with Crippen molar-refractivity contribution in [1.29, 1.82) is 0 Å². The van der Waals surface area contributed by atoms with Gasteiger partial charge in [-0.1, -0.05) is 30.7 Å². The molecule has 0 saturated carbocycles. The fraction of sp³-hybridized carbons (Fsp3) is 0.143. The van der Waals surface area contributed by atoms with Crippen LogP contribution in [0.15, 0.2) is 41.3 Å². The molecule has 0 aliphatic heterocycles. The first-order chi connectivity index (χ1) is 9.35. The van der Waals surface area contributed by atoms with Crippen molar-refractivity contribution in [2.75, 3.05) is 5.75 Å². The van der Waals surface area contributed by atoms with Crippen LogP contribution in [0, 0.1) is 11.6 Å². The van der Waals surface area contributed by atoms with E-state index in [1.807, 2.05) is 0 Å². The molecule has 0 radical (unpaired) electrons. The van der Waals surface area contributed by atoms with Crippen LogP contribution in [-0.4, -0.2) is 14.2 Å². The van der Waals surface area contributed by atoms with Crippen molar-refractivity contribution in [2.45, 2.75) is 11.8 Å². The maximum absolute atomic E-state index is 13.4. The molecule has 0 bridgehead atoms. The summed E-state index contributed by atoms with van der Waals surface area (Å²) >= 11 is 5.42. The van der Waals surface area contributed by atoms with Gasteiger partial charge in [-0.25, -0.2) is 17.2 Å². The van der Waals surface area contributed by atoms with Gasteiger partial charge in [-0.15, -0.1) is 0 Å². The molecule has 0 aliphatic rings. The van der Waals surface area contributed by atoms with Gasteiger partial charge in [0.2, 0.25) is 0 Å². The maximum atomic E-state index is 13.4. The molecule has 0 aliphatic carbocycles. The van der Waals surface area contributed by atoms with Gasteiger partial charge in [-0.2, -0.15) is 0 Å². The highest BCUT2D eigenvalue weighted by Crippen LogP contribution is 2.28. The van der Waals surface area contributed by atoms with E-state index in [0.29, 0.717) is 5.56 Å². The molecule has 0 N–H and O–H groups in total. The minimum absolute atomic E-state index is 0.0419. The van der Waals surface area contributed by atoms with E-state index in [0.717, 1.165) is 12.1 Å². The van der Waals surface area contributed by atoms with E-state index in [9.17, 15) is 17.2 Å². The quantitative estimate of drug-likeness (QED) is 0.800. The van der Waals surface area contributed by atoms with E-state index >= 15 is 0 Å². The van der Waals surface area contributed by atoms with Crippen LogP contribution in [0.25, 0.3) is 11.1 Å². The molecule has 20 heavy (non-hydrogen) atoms. The SMILES string of the molecule is CCS(=O)(=O)c1cccc(-c2cc(F)c(Cl)c(F)c2)c1. The predicted molar refractivity (Wildman–Crippen MR) is 74.5 cm³/mol. The molecule has 0 spiro atoms. The Bertz CT molecular complexity index is 735. The van der Waals surface area contributed by atoms with Crippen LogP contribution in [0.3, 0.4) is 0 Å². The van der Waals surface area contributed by atoms with Crippen LogP contribution in [0.1, 0.15) is 6.92 Å². The summed E-state index contributed by atoms with van der Waals surface area (Å²) in [7, 11) is -3.37. The van der Waals surface area contributed by atoms with Crippen molar-refractivity contribution in [2.24, 2.45) is 0 Å². The van der Waals surface area contributed by atoms with Gasteiger partial charge in [0.15, 0.2) is 9.84 Å². The summed E-state index contributed by atoms with van der Waals surface area (Å²) in [5.41, 5.74) is 0.645. The summed E-state index contributed by atoms with van der Waals surface area (Å²) < 4.78 is 50.5. The summed E-state index contributed by atoms with van der Waals surface area (Å²) in [4.78, 5) is 0.119. The summed E-state index contributed by atoms with van der Waals surface area (Å²) in [6.45, 7) is 1.53. The highest BCUT2D eigenvalue weighted by atomic mass is 35.5. The van der Waals surface area contributed by atoms with Gasteiger partial charge < -0.3 is 0 Å². The van der Waals surface area contributed by atoms with Gasteiger partial charge in [0, 0.05) is 0 Å². The monoisotopic (exact) mass is 316 g/mol. The molecular weight excluding hydrogens is 306 g/mol. The highest BCUT2D eigenvalue weighted by Gasteiger charge is 2.14. The molecule has 0 saturated heterocycles. The molecule has 0 amide bonds. The maximum Gasteiger partial charge on any atom is 0.178 e. The van der Waals surface area contributed by atoms with Gasteiger partial charge in [0.1, 0.15) is 16.7 Å². The fourth-order valence-corrected chi connectivity index (χ4v) is 2.79.